The van der Waals surface area contributed by atoms with E-state index < -0.39 is 0 Å². The Labute approximate surface area is 176 Å². The number of fused-ring (bicyclic) bond motifs is 2. The van der Waals surface area contributed by atoms with Crippen LogP contribution >= 0.6 is 0 Å². The third-order valence-corrected chi connectivity index (χ3v) is 6.23. The summed E-state index contributed by atoms with van der Waals surface area (Å²) in [7, 11) is 0. The van der Waals surface area contributed by atoms with Crippen LogP contribution in [0, 0.1) is 11.8 Å². The second-order valence-corrected chi connectivity index (χ2v) is 9.11. The van der Waals surface area contributed by atoms with E-state index in [1.54, 1.807) is 4.90 Å². The van der Waals surface area contributed by atoms with Crippen LogP contribution in [0.25, 0.3) is 5.65 Å². The zero-order chi connectivity index (χ0) is 21.6. The lowest BCUT2D eigenvalue weighted by Crippen LogP contribution is -2.42. The maximum Gasteiger partial charge on any atom is 0.277 e. The van der Waals surface area contributed by atoms with Crippen molar-refractivity contribution < 1.29 is 9.59 Å². The first-order valence-electron chi connectivity index (χ1n) is 11.0. The molecule has 0 aliphatic carbocycles. The van der Waals surface area contributed by atoms with Crippen molar-refractivity contribution in [2.45, 2.75) is 66.0 Å². The molecule has 1 saturated heterocycles. The van der Waals surface area contributed by atoms with E-state index in [2.05, 4.69) is 5.10 Å². The average Bonchev–Trinajstić information content (AvgIpc) is 3.16. The van der Waals surface area contributed by atoms with Crippen molar-refractivity contribution in [2.24, 2.45) is 11.8 Å². The third-order valence-electron chi connectivity index (χ3n) is 6.23. The molecular weight excluding hydrogens is 382 g/mol. The second kappa shape index (κ2) is 7.89. The summed E-state index contributed by atoms with van der Waals surface area (Å²) in [6.45, 7) is 9.21. The van der Waals surface area contributed by atoms with Crippen molar-refractivity contribution in [1.82, 2.24) is 24.4 Å². The Kier molecular flexibility index (Phi) is 5.42. The van der Waals surface area contributed by atoms with Gasteiger partial charge in [0.25, 0.3) is 5.56 Å². The number of rotatable bonds is 3. The molecule has 2 aromatic heterocycles. The van der Waals surface area contributed by atoms with Crippen LogP contribution < -0.4 is 5.56 Å². The molecule has 1 unspecified atom stereocenters. The van der Waals surface area contributed by atoms with Gasteiger partial charge in [0.2, 0.25) is 11.8 Å². The molecular formula is C22H31N5O3. The number of aromatic amines is 1. The van der Waals surface area contributed by atoms with Crippen molar-refractivity contribution in [3.05, 3.63) is 33.4 Å². The molecule has 162 valence electrons. The minimum atomic E-state index is -0.153. The summed E-state index contributed by atoms with van der Waals surface area (Å²) in [5.74, 6) is 0.0367. The summed E-state index contributed by atoms with van der Waals surface area (Å²) in [5, 5.41) is 3.22. The zero-order valence-electron chi connectivity index (χ0n) is 18.3. The van der Waals surface area contributed by atoms with Gasteiger partial charge in [0.05, 0.1) is 29.5 Å². The Hall–Kier alpha value is -2.64. The Morgan fingerprint density at radius 3 is 2.53 bits per heavy atom. The van der Waals surface area contributed by atoms with Gasteiger partial charge in [-0.2, -0.15) is 0 Å². The Morgan fingerprint density at radius 2 is 1.83 bits per heavy atom. The molecule has 2 amide bonds. The molecule has 1 fully saturated rings. The van der Waals surface area contributed by atoms with Crippen LogP contribution in [0.4, 0.5) is 0 Å². The molecule has 0 aromatic carbocycles. The van der Waals surface area contributed by atoms with Gasteiger partial charge in [-0.15, -0.1) is 0 Å². The quantitative estimate of drug-likeness (QED) is 0.836. The van der Waals surface area contributed by atoms with Crippen LogP contribution in [0.1, 0.15) is 70.0 Å². The molecule has 0 radical (unpaired) electrons. The Morgan fingerprint density at radius 1 is 1.10 bits per heavy atom. The molecule has 0 spiro atoms. The fourth-order valence-electron chi connectivity index (χ4n) is 4.57. The molecule has 8 heteroatoms. The van der Waals surface area contributed by atoms with Crippen molar-refractivity contribution in [3.8, 4) is 0 Å². The first-order valence-corrected chi connectivity index (χ1v) is 11.0. The SMILES string of the molecule is CC(C)C(=O)N1CCc2nc3cc(C4CCCCN4C(=O)C(C)C)[nH]n3c(=O)c2C1. The number of hydrogen-bond donors (Lipinski definition) is 1. The summed E-state index contributed by atoms with van der Waals surface area (Å²) in [6, 6.07) is 1.84. The van der Waals surface area contributed by atoms with Gasteiger partial charge in [0, 0.05) is 37.4 Å². The lowest BCUT2D eigenvalue weighted by molar-refractivity contribution is -0.138. The zero-order valence-corrected chi connectivity index (χ0v) is 18.3. The van der Waals surface area contributed by atoms with Crippen molar-refractivity contribution in [3.63, 3.8) is 0 Å². The van der Waals surface area contributed by atoms with Gasteiger partial charge in [-0.3, -0.25) is 19.5 Å². The molecule has 8 nitrogen and oxygen atoms in total. The second-order valence-electron chi connectivity index (χ2n) is 9.11. The van der Waals surface area contributed by atoms with Crippen LogP contribution in [0.2, 0.25) is 0 Å². The van der Waals surface area contributed by atoms with Crippen molar-refractivity contribution in [2.75, 3.05) is 13.1 Å². The molecule has 0 bridgehead atoms. The highest BCUT2D eigenvalue weighted by Gasteiger charge is 2.32. The number of piperidine rings is 1. The number of carbonyl (C=O) groups is 2. The van der Waals surface area contributed by atoms with E-state index in [9.17, 15) is 14.4 Å². The summed E-state index contributed by atoms with van der Waals surface area (Å²) in [6.07, 6.45) is 3.51. The summed E-state index contributed by atoms with van der Waals surface area (Å²) in [4.78, 5) is 46.7. The number of carbonyl (C=O) groups excluding carboxylic acids is 2. The maximum absolute atomic E-state index is 13.2. The smallest absolute Gasteiger partial charge is 0.277 e. The van der Waals surface area contributed by atoms with Gasteiger partial charge in [-0.05, 0) is 19.3 Å². The van der Waals surface area contributed by atoms with Crippen LogP contribution in [-0.2, 0) is 22.6 Å². The van der Waals surface area contributed by atoms with Gasteiger partial charge in [-0.1, -0.05) is 27.7 Å². The molecule has 1 N–H and O–H groups in total. The predicted octanol–water partition coefficient (Wildman–Crippen LogP) is 2.27. The highest BCUT2D eigenvalue weighted by Crippen LogP contribution is 2.31. The van der Waals surface area contributed by atoms with Crippen LogP contribution in [0.3, 0.4) is 0 Å². The lowest BCUT2D eigenvalue weighted by atomic mass is 9.97. The van der Waals surface area contributed by atoms with Crippen LogP contribution in [0.15, 0.2) is 10.9 Å². The maximum atomic E-state index is 13.2. The summed E-state index contributed by atoms with van der Waals surface area (Å²) < 4.78 is 1.48. The summed E-state index contributed by atoms with van der Waals surface area (Å²) in [5.41, 5.74) is 2.64. The molecule has 4 rings (SSSR count). The van der Waals surface area contributed by atoms with E-state index in [0.717, 1.165) is 37.2 Å². The predicted molar refractivity (Wildman–Crippen MR) is 113 cm³/mol. The molecule has 0 saturated carbocycles. The minimum Gasteiger partial charge on any atom is -0.337 e. The van der Waals surface area contributed by atoms with Gasteiger partial charge in [-0.25, -0.2) is 9.50 Å². The average molecular weight is 414 g/mol. The molecule has 2 aliphatic rings. The normalized spacial score (nSPS) is 19.6. The first-order chi connectivity index (χ1) is 14.3. The van der Waals surface area contributed by atoms with E-state index in [0.29, 0.717) is 30.7 Å². The third kappa shape index (κ3) is 3.52. The number of nitrogens with one attached hydrogen (secondary N) is 1. The number of hydrogen-bond acceptors (Lipinski definition) is 4. The van der Waals surface area contributed by atoms with Crippen molar-refractivity contribution in [1.29, 1.82) is 0 Å². The lowest BCUT2D eigenvalue weighted by Gasteiger charge is -2.36. The van der Waals surface area contributed by atoms with E-state index in [1.165, 1.54) is 4.52 Å². The number of likely N-dealkylation sites (tertiary alicyclic amines) is 1. The van der Waals surface area contributed by atoms with Crippen LogP contribution in [-0.4, -0.2) is 49.3 Å². The standard InChI is InChI=1S/C22H31N5O3/c1-13(2)20(28)25-10-8-16-15(12-25)22(30)27-19(23-16)11-17(24-27)18-7-5-6-9-26(18)21(29)14(3)4/h11,13-14,18,24H,5-10,12H2,1-4H3. The first kappa shape index (κ1) is 20.6. The van der Waals surface area contributed by atoms with Crippen LogP contribution in [0.5, 0.6) is 0 Å². The van der Waals surface area contributed by atoms with E-state index in [-0.39, 0.29) is 35.3 Å². The monoisotopic (exact) mass is 413 g/mol. The van der Waals surface area contributed by atoms with Gasteiger partial charge in [0.1, 0.15) is 0 Å². The molecule has 4 heterocycles. The van der Waals surface area contributed by atoms with Gasteiger partial charge >= 0.3 is 0 Å². The van der Waals surface area contributed by atoms with E-state index in [4.69, 9.17) is 4.98 Å². The fourth-order valence-corrected chi connectivity index (χ4v) is 4.57. The topological polar surface area (TPSA) is 90.8 Å². The number of nitrogens with zero attached hydrogens (tertiary/aromatic N) is 4. The fraction of sp³-hybridized carbons (Fsp3) is 0.636. The highest BCUT2D eigenvalue weighted by molar-refractivity contribution is 5.79. The molecule has 30 heavy (non-hydrogen) atoms. The molecule has 2 aliphatic heterocycles. The van der Waals surface area contributed by atoms with Gasteiger partial charge < -0.3 is 9.80 Å². The van der Waals surface area contributed by atoms with Gasteiger partial charge in [0.15, 0.2) is 5.65 Å². The number of aromatic nitrogens is 3. The van der Waals surface area contributed by atoms with Crippen molar-refractivity contribution >= 4 is 17.5 Å². The number of amides is 2. The van der Waals surface area contributed by atoms with E-state index in [1.807, 2.05) is 38.7 Å². The Balaban J connectivity index is 1.70. The molecule has 1 atom stereocenters. The highest BCUT2D eigenvalue weighted by atomic mass is 16.2. The Bertz CT molecular complexity index is 1040. The number of H-pyrrole nitrogens is 1. The summed E-state index contributed by atoms with van der Waals surface area (Å²) >= 11 is 0. The van der Waals surface area contributed by atoms with E-state index >= 15 is 0 Å². The largest absolute Gasteiger partial charge is 0.337 e. The minimum absolute atomic E-state index is 0.0577. The molecule has 2 aromatic rings.